The summed E-state index contributed by atoms with van der Waals surface area (Å²) in [4.78, 5) is 16.3. The van der Waals surface area contributed by atoms with E-state index in [0.29, 0.717) is 13.2 Å². The van der Waals surface area contributed by atoms with E-state index in [4.69, 9.17) is 9.47 Å². The van der Waals surface area contributed by atoms with E-state index in [1.54, 1.807) is 7.11 Å². The summed E-state index contributed by atoms with van der Waals surface area (Å²) in [5, 5.41) is 5.63. The number of benzene rings is 1. The van der Waals surface area contributed by atoms with Gasteiger partial charge in [0.15, 0.2) is 0 Å². The summed E-state index contributed by atoms with van der Waals surface area (Å²) in [5.74, 6) is 0.768. The highest BCUT2D eigenvalue weighted by Crippen LogP contribution is 2.16. The molecule has 23 heavy (non-hydrogen) atoms. The molecule has 0 saturated carbocycles. The summed E-state index contributed by atoms with van der Waals surface area (Å²) < 4.78 is 10.7. The molecule has 5 nitrogen and oxygen atoms in total. The summed E-state index contributed by atoms with van der Waals surface area (Å²) >= 11 is 1.50. The molecule has 1 aromatic heterocycles. The minimum atomic E-state index is -0.0501. The number of amides is 1. The number of aryl methyl sites for hydroxylation is 1. The molecule has 0 fully saturated rings. The van der Waals surface area contributed by atoms with Gasteiger partial charge in [0.05, 0.1) is 18.7 Å². The standard InChI is InChI=1S/C17H22N2O3S/c1-12-4-6-15(7-5-12)22-10-17-19-14(11-23-17)8-16(20)18-13(2)9-21-3/h4-7,11,13H,8-10H2,1-3H3,(H,18,20). The molecule has 124 valence electrons. The fraction of sp³-hybridized carbons (Fsp3) is 0.412. The smallest absolute Gasteiger partial charge is 0.226 e. The average Bonchev–Trinajstić information content (AvgIpc) is 2.94. The first kappa shape index (κ1) is 17.4. The Hall–Kier alpha value is -1.92. The molecule has 2 rings (SSSR count). The van der Waals surface area contributed by atoms with Crippen molar-refractivity contribution in [1.82, 2.24) is 10.3 Å². The van der Waals surface area contributed by atoms with Crippen LogP contribution in [0.25, 0.3) is 0 Å². The van der Waals surface area contributed by atoms with E-state index >= 15 is 0 Å². The number of hydrogen-bond donors (Lipinski definition) is 1. The van der Waals surface area contributed by atoms with Gasteiger partial charge in [-0.1, -0.05) is 17.7 Å². The summed E-state index contributed by atoms with van der Waals surface area (Å²) in [7, 11) is 1.61. The number of thiazole rings is 1. The first-order valence-corrected chi connectivity index (χ1v) is 8.36. The van der Waals surface area contributed by atoms with Crippen LogP contribution in [0, 0.1) is 6.92 Å². The Morgan fingerprint density at radius 1 is 1.35 bits per heavy atom. The molecule has 0 radical (unpaired) electrons. The highest BCUT2D eigenvalue weighted by atomic mass is 32.1. The second-order valence-electron chi connectivity index (χ2n) is 5.43. The zero-order chi connectivity index (χ0) is 16.7. The fourth-order valence-electron chi connectivity index (χ4n) is 2.06. The van der Waals surface area contributed by atoms with E-state index in [0.717, 1.165) is 16.5 Å². The quantitative estimate of drug-likeness (QED) is 0.806. The third-order valence-corrected chi connectivity index (χ3v) is 4.02. The molecule has 1 atom stereocenters. The molecule has 1 amide bonds. The number of nitrogens with one attached hydrogen (secondary N) is 1. The Morgan fingerprint density at radius 3 is 2.78 bits per heavy atom. The minimum absolute atomic E-state index is 0.00419. The van der Waals surface area contributed by atoms with Crippen LogP contribution in [0.3, 0.4) is 0 Å². The van der Waals surface area contributed by atoms with Gasteiger partial charge in [0, 0.05) is 18.5 Å². The largest absolute Gasteiger partial charge is 0.486 e. The lowest BCUT2D eigenvalue weighted by Crippen LogP contribution is -2.36. The van der Waals surface area contributed by atoms with Crippen LogP contribution in [0.1, 0.15) is 23.2 Å². The van der Waals surface area contributed by atoms with Crippen molar-refractivity contribution >= 4 is 17.2 Å². The van der Waals surface area contributed by atoms with Gasteiger partial charge in [-0.15, -0.1) is 11.3 Å². The fourth-order valence-corrected chi connectivity index (χ4v) is 2.76. The van der Waals surface area contributed by atoms with Crippen LogP contribution in [0.2, 0.25) is 0 Å². The van der Waals surface area contributed by atoms with Crippen LogP contribution < -0.4 is 10.1 Å². The van der Waals surface area contributed by atoms with Gasteiger partial charge in [-0.3, -0.25) is 4.79 Å². The normalized spacial score (nSPS) is 12.0. The van der Waals surface area contributed by atoms with Gasteiger partial charge in [-0.05, 0) is 26.0 Å². The van der Waals surface area contributed by atoms with Crippen LogP contribution in [-0.4, -0.2) is 30.6 Å². The number of carbonyl (C=O) groups excluding carboxylic acids is 1. The number of nitrogens with zero attached hydrogens (tertiary/aromatic N) is 1. The Kier molecular flexibility index (Phi) is 6.55. The van der Waals surface area contributed by atoms with Crippen molar-refractivity contribution in [3.8, 4) is 5.75 Å². The van der Waals surface area contributed by atoms with E-state index in [9.17, 15) is 4.79 Å². The summed E-state index contributed by atoms with van der Waals surface area (Å²) in [6, 6.07) is 7.89. The molecule has 6 heteroatoms. The van der Waals surface area contributed by atoms with Gasteiger partial charge in [-0.2, -0.15) is 0 Å². The highest BCUT2D eigenvalue weighted by Gasteiger charge is 2.11. The number of aromatic nitrogens is 1. The molecule has 0 aliphatic heterocycles. The van der Waals surface area contributed by atoms with Crippen LogP contribution >= 0.6 is 11.3 Å². The molecule has 1 N–H and O–H groups in total. The molecule has 0 aliphatic rings. The first-order chi connectivity index (χ1) is 11.1. The van der Waals surface area contributed by atoms with Gasteiger partial charge in [-0.25, -0.2) is 4.98 Å². The monoisotopic (exact) mass is 334 g/mol. The Morgan fingerprint density at radius 2 is 2.09 bits per heavy atom. The van der Waals surface area contributed by atoms with Crippen molar-refractivity contribution in [1.29, 1.82) is 0 Å². The van der Waals surface area contributed by atoms with Crippen molar-refractivity contribution in [3.05, 3.63) is 45.9 Å². The van der Waals surface area contributed by atoms with Gasteiger partial charge in [0.25, 0.3) is 0 Å². The molecule has 1 aromatic carbocycles. The van der Waals surface area contributed by atoms with Crippen molar-refractivity contribution in [3.63, 3.8) is 0 Å². The topological polar surface area (TPSA) is 60.5 Å². The number of carbonyl (C=O) groups is 1. The van der Waals surface area contributed by atoms with Gasteiger partial charge in [0.1, 0.15) is 17.4 Å². The number of rotatable bonds is 8. The Balaban J connectivity index is 1.81. The second-order valence-corrected chi connectivity index (χ2v) is 6.38. The number of hydrogen-bond acceptors (Lipinski definition) is 5. The van der Waals surface area contributed by atoms with E-state index in [1.165, 1.54) is 16.9 Å². The van der Waals surface area contributed by atoms with Crippen molar-refractivity contribution < 1.29 is 14.3 Å². The van der Waals surface area contributed by atoms with Crippen molar-refractivity contribution in [2.75, 3.05) is 13.7 Å². The van der Waals surface area contributed by atoms with Gasteiger partial charge in [0.2, 0.25) is 5.91 Å². The lowest BCUT2D eigenvalue weighted by Gasteiger charge is -2.11. The molecule has 0 aliphatic carbocycles. The number of methoxy groups -OCH3 is 1. The summed E-state index contributed by atoms with van der Waals surface area (Å²) in [6.07, 6.45) is 0.273. The van der Waals surface area contributed by atoms with Crippen molar-refractivity contribution in [2.24, 2.45) is 0 Å². The maximum atomic E-state index is 11.9. The summed E-state index contributed by atoms with van der Waals surface area (Å²) in [6.45, 7) is 4.85. The average molecular weight is 334 g/mol. The zero-order valence-corrected chi connectivity index (χ0v) is 14.5. The number of ether oxygens (including phenoxy) is 2. The van der Waals surface area contributed by atoms with Crippen LogP contribution in [0.4, 0.5) is 0 Å². The molecule has 1 unspecified atom stereocenters. The van der Waals surface area contributed by atoms with Crippen LogP contribution in [-0.2, 0) is 22.6 Å². The Labute approximate surface area is 140 Å². The maximum absolute atomic E-state index is 11.9. The lowest BCUT2D eigenvalue weighted by molar-refractivity contribution is -0.121. The predicted molar refractivity (Wildman–Crippen MR) is 90.8 cm³/mol. The zero-order valence-electron chi connectivity index (χ0n) is 13.7. The molecule has 1 heterocycles. The minimum Gasteiger partial charge on any atom is -0.486 e. The van der Waals surface area contributed by atoms with E-state index < -0.39 is 0 Å². The highest BCUT2D eigenvalue weighted by molar-refractivity contribution is 7.09. The molecule has 0 spiro atoms. The maximum Gasteiger partial charge on any atom is 0.226 e. The van der Waals surface area contributed by atoms with Gasteiger partial charge >= 0.3 is 0 Å². The third-order valence-electron chi connectivity index (χ3n) is 3.15. The molecular formula is C17H22N2O3S. The van der Waals surface area contributed by atoms with Crippen molar-refractivity contribution in [2.45, 2.75) is 32.9 Å². The second kappa shape index (κ2) is 8.64. The van der Waals surface area contributed by atoms with Gasteiger partial charge < -0.3 is 14.8 Å². The molecule has 2 aromatic rings. The molecule has 0 bridgehead atoms. The predicted octanol–water partition coefficient (Wildman–Crippen LogP) is 2.72. The molecular weight excluding hydrogens is 312 g/mol. The molecule has 0 saturated heterocycles. The summed E-state index contributed by atoms with van der Waals surface area (Å²) in [5.41, 5.74) is 1.96. The SMILES string of the molecule is COCC(C)NC(=O)Cc1csc(COc2ccc(C)cc2)n1. The van der Waals surface area contributed by atoms with E-state index in [1.807, 2.05) is 43.5 Å². The third kappa shape index (κ3) is 6.00. The van der Waals surface area contributed by atoms with Crippen LogP contribution in [0.15, 0.2) is 29.6 Å². The van der Waals surface area contributed by atoms with Crippen LogP contribution in [0.5, 0.6) is 5.75 Å². The lowest BCUT2D eigenvalue weighted by atomic mass is 10.2. The van der Waals surface area contributed by atoms with E-state index in [2.05, 4.69) is 10.3 Å². The first-order valence-electron chi connectivity index (χ1n) is 7.48. The van der Waals surface area contributed by atoms with E-state index in [-0.39, 0.29) is 18.4 Å². The Bertz CT molecular complexity index is 625.